The molecule has 0 saturated heterocycles. The van der Waals surface area contributed by atoms with Gasteiger partial charge in [0.2, 0.25) is 0 Å². The Bertz CT molecular complexity index is 366. The molecule has 0 radical (unpaired) electrons. The second kappa shape index (κ2) is 23.7. The zero-order valence-corrected chi connectivity index (χ0v) is 20.9. The van der Waals surface area contributed by atoms with Crippen molar-refractivity contribution in [2.45, 2.75) is 132 Å². The van der Waals surface area contributed by atoms with Gasteiger partial charge in [-0.1, -0.05) is 46.5 Å². The molecule has 0 aliphatic carbocycles. The highest BCUT2D eigenvalue weighted by atomic mass is 15.2. The Morgan fingerprint density at radius 3 is 1.32 bits per heavy atom. The van der Waals surface area contributed by atoms with Crippen molar-refractivity contribution >= 4 is 12.0 Å². The predicted molar refractivity (Wildman–Crippen MR) is 129 cm³/mol. The zero-order chi connectivity index (χ0) is 22.4. The van der Waals surface area contributed by atoms with Crippen LogP contribution in [0.15, 0.2) is 15.0 Å². The molecule has 0 aromatic carbocycles. The Hall–Kier alpha value is -1.35. The van der Waals surface area contributed by atoms with Crippen LogP contribution in [0.25, 0.3) is 0 Å². The summed E-state index contributed by atoms with van der Waals surface area (Å²) in [5.74, 6) is 0.934. The molecule has 168 valence electrons. The van der Waals surface area contributed by atoms with Gasteiger partial charge in [-0.15, -0.1) is 0 Å². The van der Waals surface area contributed by atoms with Crippen molar-refractivity contribution in [3.63, 3.8) is 0 Å². The maximum absolute atomic E-state index is 4.49. The molecule has 0 saturated carbocycles. The van der Waals surface area contributed by atoms with Crippen molar-refractivity contribution in [2.75, 3.05) is 6.54 Å². The molecule has 0 unspecified atom stereocenters. The summed E-state index contributed by atoms with van der Waals surface area (Å²) >= 11 is 0. The normalized spacial score (nSPS) is 9.82. The minimum absolute atomic E-state index is 0.312. The Morgan fingerprint density at radius 1 is 0.679 bits per heavy atom. The van der Waals surface area contributed by atoms with E-state index in [1.807, 2.05) is 27.7 Å². The molecule has 0 fully saturated rings. The van der Waals surface area contributed by atoms with E-state index in [2.05, 4.69) is 80.1 Å². The molecule has 0 aromatic rings. The molecule has 5 nitrogen and oxygen atoms in total. The van der Waals surface area contributed by atoms with E-state index < -0.39 is 0 Å². The van der Waals surface area contributed by atoms with Crippen molar-refractivity contribution in [3.8, 4) is 0 Å². The summed E-state index contributed by atoms with van der Waals surface area (Å²) in [4.78, 5) is 12.4. The first-order valence-corrected chi connectivity index (χ1v) is 11.3. The average molecular weight is 398 g/mol. The summed E-state index contributed by atoms with van der Waals surface area (Å²) < 4.78 is 0. The fourth-order valence-electron chi connectivity index (χ4n) is 1.65. The molecule has 0 amide bonds. The van der Waals surface area contributed by atoms with Crippen LogP contribution in [0.5, 0.6) is 0 Å². The van der Waals surface area contributed by atoms with E-state index in [9.17, 15) is 0 Å². The highest BCUT2D eigenvalue weighted by Gasteiger charge is 2.01. The van der Waals surface area contributed by atoms with Gasteiger partial charge in [0.25, 0.3) is 0 Å². The van der Waals surface area contributed by atoms with Crippen LogP contribution in [0.2, 0.25) is 0 Å². The molecule has 0 aliphatic rings. The summed E-state index contributed by atoms with van der Waals surface area (Å²) in [7, 11) is 0. The first kappa shape index (κ1) is 31.3. The van der Waals surface area contributed by atoms with Gasteiger partial charge in [0, 0.05) is 18.6 Å². The second-order valence-electron chi connectivity index (χ2n) is 8.08. The predicted octanol–water partition coefficient (Wildman–Crippen LogP) is 6.31. The smallest absolute Gasteiger partial charge is 0.191 e. The van der Waals surface area contributed by atoms with Gasteiger partial charge in [0.15, 0.2) is 5.96 Å². The quantitative estimate of drug-likeness (QED) is 0.272. The van der Waals surface area contributed by atoms with Gasteiger partial charge in [0.1, 0.15) is 0 Å². The van der Waals surface area contributed by atoms with Gasteiger partial charge in [-0.05, 0) is 61.8 Å². The van der Waals surface area contributed by atoms with Crippen LogP contribution in [0, 0.1) is 0 Å². The van der Waals surface area contributed by atoms with Crippen molar-refractivity contribution in [1.82, 2.24) is 10.6 Å². The highest BCUT2D eigenvalue weighted by molar-refractivity contribution is 5.80. The molecule has 0 spiro atoms. The maximum atomic E-state index is 4.49. The molecule has 0 bridgehead atoms. The Labute approximate surface area is 177 Å². The number of aliphatic imine (C=N–C) groups is 3. The van der Waals surface area contributed by atoms with Gasteiger partial charge in [0.05, 0.1) is 18.1 Å². The topological polar surface area (TPSA) is 61.1 Å². The van der Waals surface area contributed by atoms with Gasteiger partial charge < -0.3 is 10.6 Å². The van der Waals surface area contributed by atoms with E-state index in [1.165, 1.54) is 25.7 Å². The van der Waals surface area contributed by atoms with Crippen molar-refractivity contribution < 1.29 is 0 Å². The molecular formula is C23H51N5. The zero-order valence-electron chi connectivity index (χ0n) is 20.9. The molecular weight excluding hydrogens is 346 g/mol. The maximum Gasteiger partial charge on any atom is 0.191 e. The minimum Gasteiger partial charge on any atom is -0.354 e. The SMILES string of the molecule is CC(C)N=C=NC(C)C.CCCCC.CCCCN=C(NC(C)C)NC(C)C. The number of hydrogen-bond donors (Lipinski definition) is 2. The Morgan fingerprint density at radius 2 is 1.07 bits per heavy atom. The van der Waals surface area contributed by atoms with Gasteiger partial charge in [-0.3, -0.25) is 4.99 Å². The molecule has 28 heavy (non-hydrogen) atoms. The van der Waals surface area contributed by atoms with Gasteiger partial charge in [-0.25, -0.2) is 9.98 Å². The number of nitrogens with one attached hydrogen (secondary N) is 2. The van der Waals surface area contributed by atoms with Crippen LogP contribution in [-0.2, 0) is 0 Å². The monoisotopic (exact) mass is 397 g/mol. The van der Waals surface area contributed by atoms with E-state index in [-0.39, 0.29) is 0 Å². The first-order valence-electron chi connectivity index (χ1n) is 11.3. The number of rotatable bonds is 9. The number of nitrogens with zero attached hydrogens (tertiary/aromatic N) is 3. The summed E-state index contributed by atoms with van der Waals surface area (Å²) in [5, 5.41) is 6.62. The molecule has 2 N–H and O–H groups in total. The lowest BCUT2D eigenvalue weighted by Gasteiger charge is -2.17. The van der Waals surface area contributed by atoms with E-state index in [0.29, 0.717) is 24.2 Å². The number of unbranched alkanes of at least 4 members (excludes halogenated alkanes) is 3. The van der Waals surface area contributed by atoms with Crippen LogP contribution in [0.3, 0.4) is 0 Å². The van der Waals surface area contributed by atoms with Gasteiger partial charge in [-0.2, -0.15) is 0 Å². The fraction of sp³-hybridized carbons (Fsp3) is 0.913. The van der Waals surface area contributed by atoms with E-state index >= 15 is 0 Å². The Balaban J connectivity index is -0.000000381. The van der Waals surface area contributed by atoms with E-state index in [0.717, 1.165) is 18.9 Å². The molecule has 0 heterocycles. The largest absolute Gasteiger partial charge is 0.354 e. The summed E-state index contributed by atoms with van der Waals surface area (Å²) in [6.07, 6.45) is 6.43. The second-order valence-corrected chi connectivity index (χ2v) is 8.08. The lowest BCUT2D eigenvalue weighted by Crippen LogP contribution is -2.44. The van der Waals surface area contributed by atoms with Crippen molar-refractivity contribution in [2.24, 2.45) is 15.0 Å². The molecule has 0 rings (SSSR count). The van der Waals surface area contributed by atoms with E-state index in [1.54, 1.807) is 0 Å². The first-order chi connectivity index (χ1) is 13.1. The van der Waals surface area contributed by atoms with Crippen LogP contribution < -0.4 is 10.6 Å². The highest BCUT2D eigenvalue weighted by Crippen LogP contribution is 1.89. The fourth-order valence-corrected chi connectivity index (χ4v) is 1.65. The summed E-state index contributed by atoms with van der Waals surface area (Å²) in [5.41, 5.74) is 0. The van der Waals surface area contributed by atoms with Crippen LogP contribution in [0.1, 0.15) is 108 Å². The molecule has 0 atom stereocenters. The molecule has 5 heteroatoms. The lowest BCUT2D eigenvalue weighted by atomic mass is 10.3. The number of guanidine groups is 1. The van der Waals surface area contributed by atoms with E-state index in [4.69, 9.17) is 0 Å². The van der Waals surface area contributed by atoms with Crippen LogP contribution in [0.4, 0.5) is 0 Å². The van der Waals surface area contributed by atoms with Gasteiger partial charge >= 0.3 is 0 Å². The van der Waals surface area contributed by atoms with Crippen LogP contribution in [-0.4, -0.2) is 42.7 Å². The average Bonchev–Trinajstić information content (AvgIpc) is 2.55. The number of hydrogen-bond acceptors (Lipinski definition) is 3. The third-order valence-corrected chi connectivity index (χ3v) is 2.97. The Kier molecular flexibility index (Phi) is 26.5. The standard InChI is InChI=1S/C11H25N3.C7H14N2.C5H12/c1-6-7-8-12-11(13-9(2)3)14-10(4)5;1-6(2)8-5-9-7(3)4;1-3-5-4-2/h9-10H,6-8H2,1-5H3,(H2,12,13,14);6-7H,1-4H3;3-5H2,1-2H3. The molecule has 0 aromatic heterocycles. The third-order valence-electron chi connectivity index (χ3n) is 2.97. The van der Waals surface area contributed by atoms with Crippen molar-refractivity contribution in [1.29, 1.82) is 0 Å². The molecule has 0 aliphatic heterocycles. The third kappa shape index (κ3) is 35.7. The van der Waals surface area contributed by atoms with Crippen molar-refractivity contribution in [3.05, 3.63) is 0 Å². The minimum atomic E-state index is 0.312. The summed E-state index contributed by atoms with van der Waals surface area (Å²) in [6.45, 7) is 24.0. The van der Waals surface area contributed by atoms with Crippen LogP contribution >= 0.6 is 0 Å². The summed E-state index contributed by atoms with van der Waals surface area (Å²) in [6, 6.07) is 4.12. The lowest BCUT2D eigenvalue weighted by molar-refractivity contribution is 0.652.